The number of aliphatic hydroxyl groups is 1. The standard InChI is InChI=1S/C19H22FNO/c1-14-12-16(6-7-18(14)20)19(22)9-11-21-10-8-15-4-2-3-5-17(15)13-21/h2-7,12,19,22H,8-11,13H2,1H3. The van der Waals surface area contributed by atoms with Crippen molar-refractivity contribution in [2.24, 2.45) is 0 Å². The number of aryl methyl sites for hydroxylation is 1. The Kier molecular flexibility index (Phi) is 4.55. The molecule has 1 unspecified atom stereocenters. The van der Waals surface area contributed by atoms with E-state index in [4.69, 9.17) is 0 Å². The van der Waals surface area contributed by atoms with Crippen molar-refractivity contribution in [3.8, 4) is 0 Å². The Hall–Kier alpha value is -1.71. The van der Waals surface area contributed by atoms with Crippen LogP contribution in [-0.2, 0) is 13.0 Å². The minimum absolute atomic E-state index is 0.219. The third kappa shape index (κ3) is 3.37. The number of fused-ring (bicyclic) bond motifs is 1. The molecular formula is C19H22FNO. The average Bonchev–Trinajstić information content (AvgIpc) is 2.55. The van der Waals surface area contributed by atoms with Gasteiger partial charge >= 0.3 is 0 Å². The quantitative estimate of drug-likeness (QED) is 0.932. The smallest absolute Gasteiger partial charge is 0.126 e. The van der Waals surface area contributed by atoms with Crippen LogP contribution in [0.25, 0.3) is 0 Å². The van der Waals surface area contributed by atoms with Gasteiger partial charge in [-0.25, -0.2) is 4.39 Å². The SMILES string of the molecule is Cc1cc(C(O)CCN2CCc3ccccc3C2)ccc1F. The van der Waals surface area contributed by atoms with E-state index in [1.54, 1.807) is 19.1 Å². The van der Waals surface area contributed by atoms with Gasteiger partial charge in [-0.3, -0.25) is 4.90 Å². The second kappa shape index (κ2) is 6.59. The van der Waals surface area contributed by atoms with Crippen LogP contribution >= 0.6 is 0 Å². The van der Waals surface area contributed by atoms with Gasteiger partial charge in [0.15, 0.2) is 0 Å². The third-order valence-electron chi connectivity index (χ3n) is 4.50. The van der Waals surface area contributed by atoms with E-state index in [9.17, 15) is 9.50 Å². The summed E-state index contributed by atoms with van der Waals surface area (Å²) in [4.78, 5) is 2.38. The lowest BCUT2D eigenvalue weighted by Gasteiger charge is -2.29. The lowest BCUT2D eigenvalue weighted by atomic mass is 9.99. The molecule has 1 N–H and O–H groups in total. The van der Waals surface area contributed by atoms with Crippen molar-refractivity contribution < 1.29 is 9.50 Å². The van der Waals surface area contributed by atoms with E-state index in [1.807, 2.05) is 0 Å². The molecule has 2 nitrogen and oxygen atoms in total. The third-order valence-corrected chi connectivity index (χ3v) is 4.50. The maximum absolute atomic E-state index is 13.3. The fraction of sp³-hybridized carbons (Fsp3) is 0.368. The fourth-order valence-corrected chi connectivity index (χ4v) is 3.09. The molecule has 0 radical (unpaired) electrons. The molecule has 0 fully saturated rings. The highest BCUT2D eigenvalue weighted by Gasteiger charge is 2.17. The van der Waals surface area contributed by atoms with Gasteiger partial charge in [-0.05, 0) is 48.1 Å². The van der Waals surface area contributed by atoms with Gasteiger partial charge in [0.1, 0.15) is 5.82 Å². The molecule has 2 aromatic carbocycles. The molecule has 3 heteroatoms. The molecule has 2 aromatic rings. The Balaban J connectivity index is 1.58. The van der Waals surface area contributed by atoms with E-state index >= 15 is 0 Å². The summed E-state index contributed by atoms with van der Waals surface area (Å²) in [5.74, 6) is -0.219. The first-order valence-electron chi connectivity index (χ1n) is 7.87. The average molecular weight is 299 g/mol. The summed E-state index contributed by atoms with van der Waals surface area (Å²) in [7, 11) is 0. The number of benzene rings is 2. The summed E-state index contributed by atoms with van der Waals surface area (Å²) in [5.41, 5.74) is 4.22. The second-order valence-corrected chi connectivity index (χ2v) is 6.11. The maximum Gasteiger partial charge on any atom is 0.126 e. The summed E-state index contributed by atoms with van der Waals surface area (Å²) in [6.45, 7) is 4.57. The fourth-order valence-electron chi connectivity index (χ4n) is 3.09. The minimum atomic E-state index is -0.531. The monoisotopic (exact) mass is 299 g/mol. The predicted octanol–water partition coefficient (Wildman–Crippen LogP) is 3.62. The molecule has 1 atom stereocenters. The first-order valence-corrected chi connectivity index (χ1v) is 7.87. The molecule has 0 aromatic heterocycles. The summed E-state index contributed by atoms with van der Waals surface area (Å²) in [6, 6.07) is 13.4. The zero-order valence-electron chi connectivity index (χ0n) is 12.9. The van der Waals surface area contributed by atoms with Crippen LogP contribution < -0.4 is 0 Å². The molecule has 0 bridgehead atoms. The Morgan fingerprint density at radius 1 is 1.18 bits per heavy atom. The van der Waals surface area contributed by atoms with Crippen LogP contribution in [0.2, 0.25) is 0 Å². The molecule has 1 aliphatic heterocycles. The topological polar surface area (TPSA) is 23.5 Å². The van der Waals surface area contributed by atoms with Crippen molar-refractivity contribution in [1.82, 2.24) is 4.90 Å². The first-order chi connectivity index (χ1) is 10.6. The highest BCUT2D eigenvalue weighted by Crippen LogP contribution is 2.22. The molecular weight excluding hydrogens is 277 g/mol. The largest absolute Gasteiger partial charge is 0.388 e. The van der Waals surface area contributed by atoms with Crippen LogP contribution in [0, 0.1) is 12.7 Å². The molecule has 3 rings (SSSR count). The molecule has 0 saturated heterocycles. The number of aliphatic hydroxyl groups excluding tert-OH is 1. The molecule has 1 aliphatic rings. The molecule has 1 heterocycles. The van der Waals surface area contributed by atoms with Gasteiger partial charge < -0.3 is 5.11 Å². The van der Waals surface area contributed by atoms with Gasteiger partial charge in [-0.1, -0.05) is 36.4 Å². The lowest BCUT2D eigenvalue weighted by molar-refractivity contribution is 0.137. The normalized spacial score (nSPS) is 16.3. The highest BCUT2D eigenvalue weighted by molar-refractivity contribution is 5.29. The number of nitrogens with zero attached hydrogens (tertiary/aromatic N) is 1. The summed E-state index contributed by atoms with van der Waals surface area (Å²) >= 11 is 0. The van der Waals surface area contributed by atoms with Gasteiger partial charge in [0.25, 0.3) is 0 Å². The Morgan fingerprint density at radius 3 is 2.73 bits per heavy atom. The molecule has 22 heavy (non-hydrogen) atoms. The second-order valence-electron chi connectivity index (χ2n) is 6.11. The van der Waals surface area contributed by atoms with E-state index < -0.39 is 6.10 Å². The highest BCUT2D eigenvalue weighted by atomic mass is 19.1. The van der Waals surface area contributed by atoms with E-state index in [0.29, 0.717) is 12.0 Å². The first kappa shape index (κ1) is 15.2. The number of rotatable bonds is 4. The van der Waals surface area contributed by atoms with Gasteiger partial charge in [-0.15, -0.1) is 0 Å². The maximum atomic E-state index is 13.3. The Bertz CT molecular complexity index is 656. The molecule has 0 spiro atoms. The van der Waals surface area contributed by atoms with E-state index in [1.165, 1.54) is 17.2 Å². The molecule has 0 saturated carbocycles. The van der Waals surface area contributed by atoms with Crippen LogP contribution in [-0.4, -0.2) is 23.1 Å². The van der Waals surface area contributed by atoms with Gasteiger partial charge in [0.2, 0.25) is 0 Å². The van der Waals surface area contributed by atoms with Gasteiger partial charge in [0.05, 0.1) is 6.10 Å². The van der Waals surface area contributed by atoms with E-state index in [-0.39, 0.29) is 5.82 Å². The van der Waals surface area contributed by atoms with Crippen molar-refractivity contribution in [1.29, 1.82) is 0 Å². The number of hydrogen-bond donors (Lipinski definition) is 1. The zero-order valence-corrected chi connectivity index (χ0v) is 12.9. The van der Waals surface area contributed by atoms with Crippen molar-refractivity contribution in [3.05, 3.63) is 70.5 Å². The van der Waals surface area contributed by atoms with Crippen molar-refractivity contribution in [2.75, 3.05) is 13.1 Å². The molecule has 0 amide bonds. The van der Waals surface area contributed by atoms with E-state index in [0.717, 1.165) is 31.6 Å². The summed E-state index contributed by atoms with van der Waals surface area (Å²) < 4.78 is 13.3. The zero-order chi connectivity index (χ0) is 15.5. The van der Waals surface area contributed by atoms with E-state index in [2.05, 4.69) is 29.2 Å². The lowest BCUT2D eigenvalue weighted by Crippen LogP contribution is -2.32. The van der Waals surface area contributed by atoms with Crippen LogP contribution in [0.4, 0.5) is 4.39 Å². The minimum Gasteiger partial charge on any atom is -0.388 e. The van der Waals surface area contributed by atoms with Crippen molar-refractivity contribution in [2.45, 2.75) is 32.4 Å². The predicted molar refractivity (Wildman–Crippen MR) is 86.1 cm³/mol. The summed E-state index contributed by atoms with van der Waals surface area (Å²) in [6.07, 6.45) is 1.21. The molecule has 116 valence electrons. The van der Waals surface area contributed by atoms with Crippen LogP contribution in [0.5, 0.6) is 0 Å². The van der Waals surface area contributed by atoms with Crippen LogP contribution in [0.1, 0.15) is 34.8 Å². The Labute approximate surface area is 131 Å². The van der Waals surface area contributed by atoms with Gasteiger partial charge in [0, 0.05) is 19.6 Å². The van der Waals surface area contributed by atoms with Gasteiger partial charge in [-0.2, -0.15) is 0 Å². The van der Waals surface area contributed by atoms with Crippen LogP contribution in [0.3, 0.4) is 0 Å². The van der Waals surface area contributed by atoms with Crippen molar-refractivity contribution in [3.63, 3.8) is 0 Å². The van der Waals surface area contributed by atoms with Crippen LogP contribution in [0.15, 0.2) is 42.5 Å². The number of hydrogen-bond acceptors (Lipinski definition) is 2. The van der Waals surface area contributed by atoms with Crippen molar-refractivity contribution >= 4 is 0 Å². The Morgan fingerprint density at radius 2 is 1.95 bits per heavy atom. The number of halogens is 1. The summed E-state index contributed by atoms with van der Waals surface area (Å²) in [5, 5.41) is 10.3. The molecule has 0 aliphatic carbocycles.